The Morgan fingerprint density at radius 2 is 2.00 bits per heavy atom. The van der Waals surface area contributed by atoms with Crippen molar-refractivity contribution in [2.75, 3.05) is 19.8 Å². The normalized spacial score (nSPS) is 12.8. The number of allylic oxidation sites excluding steroid dienone is 1. The van der Waals surface area contributed by atoms with Crippen LogP contribution in [-0.4, -0.2) is 36.7 Å². The number of benzene rings is 2. The summed E-state index contributed by atoms with van der Waals surface area (Å²) in [6, 6.07) is 9.76. The molecule has 6 nitrogen and oxygen atoms in total. The van der Waals surface area contributed by atoms with Crippen molar-refractivity contribution in [2.24, 2.45) is 0 Å². The van der Waals surface area contributed by atoms with Crippen LogP contribution in [0.4, 0.5) is 0 Å². The predicted octanol–water partition coefficient (Wildman–Crippen LogP) is 3.47. The van der Waals surface area contributed by atoms with Crippen LogP contribution in [0, 0.1) is 0 Å². The lowest BCUT2D eigenvalue weighted by atomic mass is 10.1. The molecule has 0 saturated carbocycles. The van der Waals surface area contributed by atoms with Crippen LogP contribution in [-0.2, 0) is 4.79 Å². The molecule has 0 aliphatic carbocycles. The summed E-state index contributed by atoms with van der Waals surface area (Å²) in [5.41, 5.74) is 1.08. The van der Waals surface area contributed by atoms with E-state index in [1.807, 2.05) is 0 Å². The minimum atomic E-state index is -1.09. The summed E-state index contributed by atoms with van der Waals surface area (Å²) in [5.74, 6) is 0.0208. The van der Waals surface area contributed by atoms with Gasteiger partial charge >= 0.3 is 5.97 Å². The van der Waals surface area contributed by atoms with Crippen LogP contribution in [0.5, 0.6) is 17.2 Å². The first kappa shape index (κ1) is 17.8. The number of carbonyl (C=O) groups excluding carboxylic acids is 1. The zero-order valence-electron chi connectivity index (χ0n) is 13.6. The lowest BCUT2D eigenvalue weighted by molar-refractivity contribution is -0.139. The number of fused-ring (bicyclic) bond motifs is 1. The first-order valence-electron chi connectivity index (χ1n) is 7.79. The van der Waals surface area contributed by atoms with Gasteiger partial charge in [-0.1, -0.05) is 29.8 Å². The molecular formula is C19H15ClO6. The molecule has 1 heterocycles. The van der Waals surface area contributed by atoms with Crippen LogP contribution in [0.15, 0.2) is 42.5 Å². The summed E-state index contributed by atoms with van der Waals surface area (Å²) < 4.78 is 16.0. The van der Waals surface area contributed by atoms with Gasteiger partial charge in [0.05, 0.1) is 5.02 Å². The largest absolute Gasteiger partial charge is 0.486 e. The molecule has 0 radical (unpaired) electrons. The second-order valence-corrected chi connectivity index (χ2v) is 5.84. The van der Waals surface area contributed by atoms with Crippen molar-refractivity contribution in [1.29, 1.82) is 0 Å². The van der Waals surface area contributed by atoms with Crippen molar-refractivity contribution >= 4 is 29.4 Å². The molecule has 0 bridgehead atoms. The monoisotopic (exact) mass is 374 g/mol. The van der Waals surface area contributed by atoms with Gasteiger partial charge in [-0.3, -0.25) is 4.79 Å². The van der Waals surface area contributed by atoms with Crippen LogP contribution in [0.25, 0.3) is 6.08 Å². The van der Waals surface area contributed by atoms with E-state index >= 15 is 0 Å². The fourth-order valence-electron chi connectivity index (χ4n) is 2.38. The molecule has 134 valence electrons. The van der Waals surface area contributed by atoms with E-state index in [-0.39, 0.29) is 5.78 Å². The van der Waals surface area contributed by atoms with Gasteiger partial charge in [0, 0.05) is 5.56 Å². The van der Waals surface area contributed by atoms with E-state index in [2.05, 4.69) is 0 Å². The van der Waals surface area contributed by atoms with Crippen molar-refractivity contribution in [3.8, 4) is 17.2 Å². The summed E-state index contributed by atoms with van der Waals surface area (Å²) in [4.78, 5) is 22.9. The highest BCUT2D eigenvalue weighted by Crippen LogP contribution is 2.38. The summed E-state index contributed by atoms with van der Waals surface area (Å²) in [6.45, 7) is 0.419. The highest BCUT2D eigenvalue weighted by molar-refractivity contribution is 6.32. The Balaban J connectivity index is 1.74. The smallest absolute Gasteiger partial charge is 0.341 e. The summed E-state index contributed by atoms with van der Waals surface area (Å²) in [6.07, 6.45) is 3.02. The zero-order chi connectivity index (χ0) is 18.5. The average molecular weight is 375 g/mol. The molecule has 0 spiro atoms. The lowest BCUT2D eigenvalue weighted by Crippen LogP contribution is -2.15. The summed E-state index contributed by atoms with van der Waals surface area (Å²) >= 11 is 6.17. The van der Waals surface area contributed by atoms with Crippen molar-refractivity contribution in [3.05, 3.63) is 58.6 Å². The molecule has 7 heteroatoms. The molecule has 2 aromatic rings. The van der Waals surface area contributed by atoms with Crippen LogP contribution in [0.2, 0.25) is 5.02 Å². The lowest BCUT2D eigenvalue weighted by Gasteiger charge is -2.19. The van der Waals surface area contributed by atoms with Gasteiger partial charge in [0.2, 0.25) is 0 Å². The molecule has 1 aliphatic rings. The molecule has 0 unspecified atom stereocenters. The maximum Gasteiger partial charge on any atom is 0.341 e. The Bertz CT molecular complexity index is 874. The van der Waals surface area contributed by atoms with Crippen molar-refractivity contribution in [2.45, 2.75) is 0 Å². The van der Waals surface area contributed by atoms with E-state index in [4.69, 9.17) is 30.9 Å². The van der Waals surface area contributed by atoms with Crippen molar-refractivity contribution in [3.63, 3.8) is 0 Å². The van der Waals surface area contributed by atoms with Gasteiger partial charge in [0.25, 0.3) is 0 Å². The molecule has 1 N–H and O–H groups in total. The van der Waals surface area contributed by atoms with E-state index in [9.17, 15) is 9.59 Å². The van der Waals surface area contributed by atoms with Crippen LogP contribution in [0.1, 0.15) is 15.9 Å². The molecule has 2 aromatic carbocycles. The van der Waals surface area contributed by atoms with Crippen LogP contribution < -0.4 is 14.2 Å². The Morgan fingerprint density at radius 1 is 1.19 bits per heavy atom. The summed E-state index contributed by atoms with van der Waals surface area (Å²) in [5, 5.41) is 9.05. The first-order valence-corrected chi connectivity index (χ1v) is 8.17. The third-order valence-corrected chi connectivity index (χ3v) is 3.81. The Kier molecular flexibility index (Phi) is 5.43. The maximum atomic E-state index is 12.3. The minimum Gasteiger partial charge on any atom is -0.486 e. The van der Waals surface area contributed by atoms with Gasteiger partial charge in [0.15, 0.2) is 23.9 Å². The minimum absolute atomic E-state index is 0.253. The van der Waals surface area contributed by atoms with Crippen LogP contribution in [0.3, 0.4) is 0 Å². The quantitative estimate of drug-likeness (QED) is 0.616. The average Bonchev–Trinajstić information content (AvgIpc) is 2.65. The maximum absolute atomic E-state index is 12.3. The number of rotatable bonds is 6. The standard InChI is InChI=1S/C19H15ClO6/c20-15-8-12(9-17-19(15)25-7-6-24-17)4-5-16(21)13-2-1-3-14(10-13)26-11-18(22)23/h1-5,8-10H,6-7,11H2,(H,22,23)/b5-4-. The number of halogens is 1. The van der Waals surface area contributed by atoms with E-state index in [0.29, 0.717) is 46.6 Å². The molecule has 26 heavy (non-hydrogen) atoms. The second kappa shape index (κ2) is 7.93. The van der Waals surface area contributed by atoms with Gasteiger partial charge in [-0.15, -0.1) is 0 Å². The van der Waals surface area contributed by atoms with Gasteiger partial charge in [0.1, 0.15) is 19.0 Å². The van der Waals surface area contributed by atoms with Gasteiger partial charge < -0.3 is 19.3 Å². The van der Waals surface area contributed by atoms with Gasteiger partial charge in [-0.25, -0.2) is 4.79 Å². The number of hydrogen-bond donors (Lipinski definition) is 1. The fraction of sp³-hybridized carbons (Fsp3) is 0.158. The highest BCUT2D eigenvalue weighted by Gasteiger charge is 2.16. The van der Waals surface area contributed by atoms with Crippen molar-refractivity contribution < 1.29 is 28.9 Å². The Hall–Kier alpha value is -2.99. The van der Waals surface area contributed by atoms with Gasteiger partial charge in [-0.2, -0.15) is 0 Å². The number of ketones is 1. The first-order chi connectivity index (χ1) is 12.5. The number of carboxylic acid groups (broad SMARTS) is 1. The molecule has 0 amide bonds. The number of ether oxygens (including phenoxy) is 3. The number of carboxylic acids is 1. The molecule has 3 rings (SSSR count). The van der Waals surface area contributed by atoms with Crippen molar-refractivity contribution in [1.82, 2.24) is 0 Å². The fourth-order valence-corrected chi connectivity index (χ4v) is 2.65. The molecule has 0 fully saturated rings. The third kappa shape index (κ3) is 4.34. The van der Waals surface area contributed by atoms with Crippen LogP contribution >= 0.6 is 11.6 Å². The van der Waals surface area contributed by atoms with E-state index in [0.717, 1.165) is 0 Å². The number of hydrogen-bond acceptors (Lipinski definition) is 5. The second-order valence-electron chi connectivity index (χ2n) is 5.43. The summed E-state index contributed by atoms with van der Waals surface area (Å²) in [7, 11) is 0. The predicted molar refractivity (Wildman–Crippen MR) is 95.4 cm³/mol. The third-order valence-electron chi connectivity index (χ3n) is 3.53. The SMILES string of the molecule is O=C(O)COc1cccc(C(=O)/C=C\c2cc(Cl)c3c(c2)OCCO3)c1. The highest BCUT2D eigenvalue weighted by atomic mass is 35.5. The molecule has 1 aliphatic heterocycles. The molecular weight excluding hydrogens is 360 g/mol. The number of carbonyl (C=O) groups is 2. The van der Waals surface area contributed by atoms with E-state index < -0.39 is 12.6 Å². The van der Waals surface area contributed by atoms with E-state index in [1.165, 1.54) is 12.1 Å². The Labute approximate surface area is 154 Å². The molecule has 0 saturated heterocycles. The molecule has 0 atom stereocenters. The topological polar surface area (TPSA) is 82.1 Å². The van der Waals surface area contributed by atoms with E-state index in [1.54, 1.807) is 36.4 Å². The Morgan fingerprint density at radius 3 is 2.81 bits per heavy atom. The zero-order valence-corrected chi connectivity index (χ0v) is 14.4. The molecule has 0 aromatic heterocycles. The van der Waals surface area contributed by atoms with Gasteiger partial charge in [-0.05, 0) is 35.9 Å². The number of aliphatic carboxylic acids is 1.